The lowest BCUT2D eigenvalue weighted by Gasteiger charge is -2.30. The van der Waals surface area contributed by atoms with Gasteiger partial charge in [0.25, 0.3) is 0 Å². The van der Waals surface area contributed by atoms with Crippen molar-refractivity contribution < 1.29 is 4.74 Å². The third-order valence-electron chi connectivity index (χ3n) is 5.50. The highest BCUT2D eigenvalue weighted by atomic mass is 35.5. The van der Waals surface area contributed by atoms with Crippen LogP contribution >= 0.6 is 23.2 Å². The Labute approximate surface area is 129 Å². The zero-order valence-corrected chi connectivity index (χ0v) is 12.9. The van der Waals surface area contributed by atoms with Gasteiger partial charge in [0.15, 0.2) is 0 Å². The minimum absolute atomic E-state index is 0.176. The highest BCUT2D eigenvalue weighted by molar-refractivity contribution is 6.42. The summed E-state index contributed by atoms with van der Waals surface area (Å²) in [6.07, 6.45) is 4.26. The molecule has 108 valence electrons. The van der Waals surface area contributed by atoms with Gasteiger partial charge in [0.05, 0.1) is 22.8 Å². The Morgan fingerprint density at radius 1 is 1.15 bits per heavy atom. The van der Waals surface area contributed by atoms with E-state index < -0.39 is 0 Å². The number of nitrogens with one attached hydrogen (secondary N) is 1. The molecule has 2 nitrogen and oxygen atoms in total. The number of piperidine rings is 1. The molecule has 0 bridgehead atoms. The van der Waals surface area contributed by atoms with Crippen molar-refractivity contribution in [1.82, 2.24) is 5.32 Å². The molecule has 1 unspecified atom stereocenters. The van der Waals surface area contributed by atoms with Crippen LogP contribution in [0.3, 0.4) is 0 Å². The van der Waals surface area contributed by atoms with E-state index >= 15 is 0 Å². The van der Waals surface area contributed by atoms with Crippen molar-refractivity contribution in [1.29, 1.82) is 0 Å². The van der Waals surface area contributed by atoms with Crippen molar-refractivity contribution >= 4 is 23.2 Å². The summed E-state index contributed by atoms with van der Waals surface area (Å²) in [6.45, 7) is 3.03. The molecule has 1 aromatic carbocycles. The molecule has 4 rings (SSSR count). The number of hydrogen-bond acceptors (Lipinski definition) is 2. The molecule has 20 heavy (non-hydrogen) atoms. The minimum Gasteiger partial charge on any atom is -0.377 e. The maximum atomic E-state index is 6.22. The number of ether oxygens (including phenoxy) is 1. The Bertz CT molecular complexity index is 519. The van der Waals surface area contributed by atoms with Crippen LogP contribution < -0.4 is 5.32 Å². The standard InChI is InChI=1S/C16H19Cl2NO/c17-14-5-4-10(6-15(14)18)16(9-20-11-2-1-3-11)12-7-19-8-13(12)16/h4-6,11-13,19H,1-3,7-9H2/t12-,13+,16?. The molecule has 1 aromatic rings. The van der Waals surface area contributed by atoms with Crippen molar-refractivity contribution in [2.75, 3.05) is 19.7 Å². The Balaban J connectivity index is 1.60. The van der Waals surface area contributed by atoms with Gasteiger partial charge in [-0.3, -0.25) is 0 Å². The zero-order valence-electron chi connectivity index (χ0n) is 11.4. The highest BCUT2D eigenvalue weighted by Crippen LogP contribution is 2.62. The van der Waals surface area contributed by atoms with Crippen LogP contribution in [0.25, 0.3) is 0 Å². The van der Waals surface area contributed by atoms with E-state index in [1.807, 2.05) is 12.1 Å². The molecule has 1 saturated heterocycles. The second-order valence-electron chi connectivity index (χ2n) is 6.40. The fourth-order valence-corrected chi connectivity index (χ4v) is 4.25. The second kappa shape index (κ2) is 4.88. The summed E-state index contributed by atoms with van der Waals surface area (Å²) < 4.78 is 6.16. The molecule has 0 amide bonds. The third kappa shape index (κ3) is 1.93. The second-order valence-corrected chi connectivity index (χ2v) is 7.22. The molecule has 2 saturated carbocycles. The molecule has 4 heteroatoms. The topological polar surface area (TPSA) is 21.3 Å². The predicted molar refractivity (Wildman–Crippen MR) is 81.6 cm³/mol. The average Bonchev–Trinajstić information content (AvgIpc) is 2.77. The number of hydrogen-bond donors (Lipinski definition) is 1. The van der Waals surface area contributed by atoms with Crippen LogP contribution in [0.4, 0.5) is 0 Å². The molecule has 0 spiro atoms. The summed E-state index contributed by atoms with van der Waals surface area (Å²) in [5, 5.41) is 4.76. The molecule has 3 atom stereocenters. The maximum absolute atomic E-state index is 6.22. The number of fused-ring (bicyclic) bond motifs is 1. The Kier molecular flexibility index (Phi) is 3.26. The lowest BCUT2D eigenvalue weighted by atomic mass is 9.90. The molecule has 0 aromatic heterocycles. The van der Waals surface area contributed by atoms with Gasteiger partial charge in [0, 0.05) is 5.41 Å². The summed E-state index contributed by atoms with van der Waals surface area (Å²) >= 11 is 12.3. The van der Waals surface area contributed by atoms with Gasteiger partial charge in [-0.05, 0) is 61.9 Å². The van der Waals surface area contributed by atoms with E-state index in [4.69, 9.17) is 27.9 Å². The number of halogens is 2. The van der Waals surface area contributed by atoms with E-state index in [9.17, 15) is 0 Å². The molecule has 1 N–H and O–H groups in total. The van der Waals surface area contributed by atoms with Crippen molar-refractivity contribution in [3.8, 4) is 0 Å². The van der Waals surface area contributed by atoms with Gasteiger partial charge < -0.3 is 10.1 Å². The van der Waals surface area contributed by atoms with Crippen molar-refractivity contribution in [2.24, 2.45) is 11.8 Å². The first-order chi connectivity index (χ1) is 9.72. The minimum atomic E-state index is 0.176. The average molecular weight is 312 g/mol. The molecular weight excluding hydrogens is 293 g/mol. The van der Waals surface area contributed by atoms with Crippen LogP contribution in [0, 0.1) is 11.8 Å². The van der Waals surface area contributed by atoms with Crippen LogP contribution in [0.1, 0.15) is 24.8 Å². The van der Waals surface area contributed by atoms with Crippen molar-refractivity contribution in [3.63, 3.8) is 0 Å². The van der Waals surface area contributed by atoms with Gasteiger partial charge in [-0.15, -0.1) is 0 Å². The smallest absolute Gasteiger partial charge is 0.0595 e. The Morgan fingerprint density at radius 3 is 2.50 bits per heavy atom. The molecule has 1 aliphatic heterocycles. The van der Waals surface area contributed by atoms with Gasteiger partial charge >= 0.3 is 0 Å². The molecular formula is C16H19Cl2NO. The van der Waals surface area contributed by atoms with Gasteiger partial charge in [0.2, 0.25) is 0 Å². The summed E-state index contributed by atoms with van der Waals surface area (Å²) in [6, 6.07) is 6.11. The SMILES string of the molecule is Clc1ccc(C2(COC3CCC3)[C@@H]3CNC[C@@H]32)cc1Cl. The number of benzene rings is 1. The molecule has 3 fully saturated rings. The summed E-state index contributed by atoms with van der Waals surface area (Å²) in [5.41, 5.74) is 1.48. The first kappa shape index (κ1) is 13.4. The van der Waals surface area contributed by atoms with Gasteiger partial charge in [0.1, 0.15) is 0 Å². The van der Waals surface area contributed by atoms with E-state index in [1.54, 1.807) is 0 Å². The first-order valence-electron chi connectivity index (χ1n) is 7.49. The summed E-state index contributed by atoms with van der Waals surface area (Å²) in [7, 11) is 0. The Morgan fingerprint density at radius 2 is 1.90 bits per heavy atom. The van der Waals surface area contributed by atoms with Crippen molar-refractivity contribution in [2.45, 2.75) is 30.8 Å². The normalized spacial score (nSPS) is 35.7. The van der Waals surface area contributed by atoms with Gasteiger partial charge in [-0.2, -0.15) is 0 Å². The maximum Gasteiger partial charge on any atom is 0.0595 e. The summed E-state index contributed by atoms with van der Waals surface area (Å²) in [4.78, 5) is 0. The van der Waals surface area contributed by atoms with Crippen LogP contribution in [0.5, 0.6) is 0 Å². The van der Waals surface area contributed by atoms with Crippen LogP contribution in [0.2, 0.25) is 10.0 Å². The monoisotopic (exact) mass is 311 g/mol. The largest absolute Gasteiger partial charge is 0.377 e. The van der Waals surface area contributed by atoms with E-state index in [0.717, 1.165) is 19.7 Å². The molecule has 1 heterocycles. The van der Waals surface area contributed by atoms with Crippen LogP contribution in [-0.4, -0.2) is 25.8 Å². The fraction of sp³-hybridized carbons (Fsp3) is 0.625. The van der Waals surface area contributed by atoms with Crippen LogP contribution in [-0.2, 0) is 10.2 Å². The summed E-state index contributed by atoms with van der Waals surface area (Å²) in [5.74, 6) is 1.39. The lowest BCUT2D eigenvalue weighted by Crippen LogP contribution is -2.33. The van der Waals surface area contributed by atoms with E-state index in [0.29, 0.717) is 28.0 Å². The van der Waals surface area contributed by atoms with Gasteiger partial charge in [-0.1, -0.05) is 29.3 Å². The van der Waals surface area contributed by atoms with E-state index in [2.05, 4.69) is 11.4 Å². The Hall–Kier alpha value is -0.280. The molecule has 0 radical (unpaired) electrons. The predicted octanol–water partition coefficient (Wildman–Crippen LogP) is 3.65. The third-order valence-corrected chi connectivity index (χ3v) is 6.23. The highest BCUT2D eigenvalue weighted by Gasteiger charge is 2.67. The van der Waals surface area contributed by atoms with E-state index in [1.165, 1.54) is 24.8 Å². The van der Waals surface area contributed by atoms with E-state index in [-0.39, 0.29) is 5.41 Å². The molecule has 3 aliphatic rings. The lowest BCUT2D eigenvalue weighted by molar-refractivity contribution is -0.0135. The van der Waals surface area contributed by atoms with Crippen LogP contribution in [0.15, 0.2) is 18.2 Å². The number of rotatable bonds is 4. The van der Waals surface area contributed by atoms with Crippen molar-refractivity contribution in [3.05, 3.63) is 33.8 Å². The van der Waals surface area contributed by atoms with Gasteiger partial charge in [-0.25, -0.2) is 0 Å². The fourth-order valence-electron chi connectivity index (χ4n) is 3.95. The zero-order chi connectivity index (χ0) is 13.7. The first-order valence-corrected chi connectivity index (χ1v) is 8.25. The quantitative estimate of drug-likeness (QED) is 0.916. The molecule has 2 aliphatic carbocycles.